The maximum absolute atomic E-state index is 13.4. The molecule has 1 aliphatic rings. The zero-order valence-electron chi connectivity index (χ0n) is 20.5. The molecule has 3 rings (SSSR count). The quantitative estimate of drug-likeness (QED) is 0.407. The van der Waals surface area contributed by atoms with Crippen LogP contribution in [0.4, 0.5) is 23.7 Å². The number of ether oxygens (including phenoxy) is 1. The summed E-state index contributed by atoms with van der Waals surface area (Å²) < 4.78 is 45.1. The van der Waals surface area contributed by atoms with E-state index in [0.717, 1.165) is 68.6 Å². The summed E-state index contributed by atoms with van der Waals surface area (Å²) in [6.45, 7) is 6.01. The Hall–Kier alpha value is -3.21. The van der Waals surface area contributed by atoms with Gasteiger partial charge < -0.3 is 9.64 Å². The molecule has 35 heavy (non-hydrogen) atoms. The highest BCUT2D eigenvalue weighted by Crippen LogP contribution is 2.33. The number of nitrogens with zero attached hydrogens (tertiary/aromatic N) is 3. The number of halogens is 3. The molecule has 0 spiro atoms. The van der Waals surface area contributed by atoms with Gasteiger partial charge in [0, 0.05) is 25.3 Å². The number of carbonyl (C=O) groups excluding carboxylic acids is 1. The number of fused-ring (bicyclic) bond motifs is 1. The van der Waals surface area contributed by atoms with Crippen LogP contribution in [0.3, 0.4) is 0 Å². The Morgan fingerprint density at radius 3 is 2.40 bits per heavy atom. The summed E-state index contributed by atoms with van der Waals surface area (Å²) in [6.07, 6.45) is -0.0539. The Morgan fingerprint density at radius 2 is 1.80 bits per heavy atom. The van der Waals surface area contributed by atoms with Crippen molar-refractivity contribution in [3.63, 3.8) is 0 Å². The first-order valence-corrected chi connectivity index (χ1v) is 12.0. The lowest BCUT2D eigenvalue weighted by atomic mass is 10.0. The number of aryl methyl sites for hydroxylation is 2. The van der Waals surface area contributed by atoms with Crippen LogP contribution in [0.25, 0.3) is 0 Å². The van der Waals surface area contributed by atoms with Gasteiger partial charge in [0.15, 0.2) is 0 Å². The number of methoxy groups -OCH3 is 1. The molecule has 0 heterocycles. The largest absolute Gasteiger partial charge is 0.453 e. The predicted molar refractivity (Wildman–Crippen MR) is 129 cm³/mol. The van der Waals surface area contributed by atoms with Gasteiger partial charge in [-0.1, -0.05) is 19.4 Å². The minimum Gasteiger partial charge on any atom is -0.453 e. The van der Waals surface area contributed by atoms with Crippen molar-refractivity contribution >= 4 is 11.8 Å². The molecule has 0 fully saturated rings. The van der Waals surface area contributed by atoms with Gasteiger partial charge in [-0.2, -0.15) is 18.4 Å². The molecule has 0 atom stereocenters. The third-order valence-electron chi connectivity index (χ3n) is 6.41. The zero-order chi connectivity index (χ0) is 25.6. The molecule has 2 aromatic carbocycles. The molecular formula is C27H32F3N3O2. The average molecular weight is 488 g/mol. The lowest BCUT2D eigenvalue weighted by Crippen LogP contribution is -2.32. The number of rotatable bonds is 9. The van der Waals surface area contributed by atoms with E-state index in [4.69, 9.17) is 4.74 Å². The van der Waals surface area contributed by atoms with E-state index in [-0.39, 0.29) is 24.2 Å². The number of alkyl halides is 3. The smallest absolute Gasteiger partial charge is 0.416 e. The van der Waals surface area contributed by atoms with E-state index in [1.54, 1.807) is 6.07 Å². The van der Waals surface area contributed by atoms with Crippen LogP contribution < -0.4 is 4.90 Å². The maximum Gasteiger partial charge on any atom is 0.416 e. The van der Waals surface area contributed by atoms with Crippen molar-refractivity contribution in [3.05, 3.63) is 63.7 Å². The zero-order valence-corrected chi connectivity index (χ0v) is 20.5. The molecule has 0 unspecified atom stereocenters. The van der Waals surface area contributed by atoms with Gasteiger partial charge in [0.2, 0.25) is 0 Å². The summed E-state index contributed by atoms with van der Waals surface area (Å²) in [5.74, 6) is 0. The number of amides is 1. The number of carbonyl (C=O) groups is 1. The first-order chi connectivity index (χ1) is 16.7. The van der Waals surface area contributed by atoms with Gasteiger partial charge in [-0.05, 0) is 79.1 Å². The molecule has 1 aliphatic carbocycles. The second kappa shape index (κ2) is 11.5. The fraction of sp³-hybridized carbons (Fsp3) is 0.481. The van der Waals surface area contributed by atoms with Crippen LogP contribution in [0.5, 0.6) is 0 Å². The highest BCUT2D eigenvalue weighted by atomic mass is 19.4. The molecule has 5 nitrogen and oxygen atoms in total. The van der Waals surface area contributed by atoms with Gasteiger partial charge in [0.1, 0.15) is 0 Å². The lowest BCUT2D eigenvalue weighted by Gasteiger charge is -2.29. The SMILES string of the molecule is CCCCN(CC)c1cc2c(cc1CN(Cc1cc(C#N)cc(C(F)(F)F)c1)C(=O)OC)CCC2. The van der Waals surface area contributed by atoms with Crippen molar-refractivity contribution < 1.29 is 22.7 Å². The molecule has 2 aromatic rings. The second-order valence-electron chi connectivity index (χ2n) is 8.89. The minimum atomic E-state index is -4.59. The Bertz CT molecular complexity index is 1090. The van der Waals surface area contributed by atoms with Gasteiger partial charge in [0.05, 0.1) is 30.9 Å². The Balaban J connectivity index is 1.99. The first kappa shape index (κ1) is 26.4. The summed E-state index contributed by atoms with van der Waals surface area (Å²) in [7, 11) is 1.26. The molecule has 0 aliphatic heterocycles. The number of hydrogen-bond donors (Lipinski definition) is 0. The van der Waals surface area contributed by atoms with Gasteiger partial charge in [0.25, 0.3) is 0 Å². The van der Waals surface area contributed by atoms with E-state index in [1.165, 1.54) is 29.2 Å². The van der Waals surface area contributed by atoms with Gasteiger partial charge in [-0.15, -0.1) is 0 Å². The van der Waals surface area contributed by atoms with Crippen LogP contribution in [-0.4, -0.2) is 31.2 Å². The van der Waals surface area contributed by atoms with Crippen LogP contribution in [0.1, 0.15) is 66.5 Å². The molecule has 0 saturated heterocycles. The number of hydrogen-bond acceptors (Lipinski definition) is 4. The normalized spacial score (nSPS) is 12.7. The van der Waals surface area contributed by atoms with E-state index in [2.05, 4.69) is 30.9 Å². The number of benzene rings is 2. The van der Waals surface area contributed by atoms with Crippen molar-refractivity contribution in [2.24, 2.45) is 0 Å². The molecule has 0 saturated carbocycles. The fourth-order valence-corrected chi connectivity index (χ4v) is 4.63. The maximum atomic E-state index is 13.4. The summed E-state index contributed by atoms with van der Waals surface area (Å²) >= 11 is 0. The average Bonchev–Trinajstić information content (AvgIpc) is 3.30. The molecule has 0 aromatic heterocycles. The van der Waals surface area contributed by atoms with Gasteiger partial charge >= 0.3 is 12.3 Å². The fourth-order valence-electron chi connectivity index (χ4n) is 4.63. The summed E-state index contributed by atoms with van der Waals surface area (Å²) in [6, 6.07) is 9.32. The predicted octanol–water partition coefficient (Wildman–Crippen LogP) is 6.46. The Labute approximate surface area is 205 Å². The van der Waals surface area contributed by atoms with Crippen molar-refractivity contribution in [3.8, 4) is 6.07 Å². The molecule has 1 amide bonds. The number of anilines is 1. The molecule has 0 radical (unpaired) electrons. The third kappa shape index (κ3) is 6.47. The summed E-state index contributed by atoms with van der Waals surface area (Å²) in [5, 5.41) is 9.23. The molecule has 8 heteroatoms. The first-order valence-electron chi connectivity index (χ1n) is 12.0. The lowest BCUT2D eigenvalue weighted by molar-refractivity contribution is -0.137. The molecule has 0 bridgehead atoms. The van der Waals surface area contributed by atoms with E-state index in [9.17, 15) is 23.2 Å². The number of nitriles is 1. The highest BCUT2D eigenvalue weighted by Gasteiger charge is 2.31. The molecular weight excluding hydrogens is 455 g/mol. The van der Waals surface area contributed by atoms with E-state index >= 15 is 0 Å². The van der Waals surface area contributed by atoms with Crippen molar-refractivity contribution in [1.82, 2.24) is 4.90 Å². The minimum absolute atomic E-state index is 0.102. The summed E-state index contributed by atoms with van der Waals surface area (Å²) in [5.41, 5.74) is 3.79. The van der Waals surface area contributed by atoms with Gasteiger partial charge in [-0.25, -0.2) is 4.79 Å². The topological polar surface area (TPSA) is 56.6 Å². The second-order valence-corrected chi connectivity index (χ2v) is 8.89. The van der Waals surface area contributed by atoms with Crippen molar-refractivity contribution in [2.45, 2.75) is 65.2 Å². The number of unbranched alkanes of at least 4 members (excludes halogenated alkanes) is 1. The molecule has 188 valence electrons. The third-order valence-corrected chi connectivity index (χ3v) is 6.41. The van der Waals surface area contributed by atoms with E-state index in [1.807, 2.05) is 0 Å². The van der Waals surface area contributed by atoms with E-state index < -0.39 is 17.8 Å². The van der Waals surface area contributed by atoms with E-state index in [0.29, 0.717) is 0 Å². The van der Waals surface area contributed by atoms with Crippen molar-refractivity contribution in [2.75, 3.05) is 25.1 Å². The summed E-state index contributed by atoms with van der Waals surface area (Å²) in [4.78, 5) is 16.4. The Kier molecular flexibility index (Phi) is 8.66. The van der Waals surface area contributed by atoms with Crippen LogP contribution in [0.15, 0.2) is 30.3 Å². The van der Waals surface area contributed by atoms with Crippen LogP contribution in [0, 0.1) is 11.3 Å². The Morgan fingerprint density at radius 1 is 1.09 bits per heavy atom. The standard InChI is InChI=1S/C27H32F3N3O2/c1-4-6-10-32(5-2)25-15-22-9-7-8-21(22)14-23(25)18-33(26(34)35-3)17-20-11-19(16-31)12-24(13-20)27(28,29)30/h11-15H,4-10,17-18H2,1-3H3. The van der Waals surface area contributed by atoms with Crippen molar-refractivity contribution in [1.29, 1.82) is 5.26 Å². The van der Waals surface area contributed by atoms with Gasteiger partial charge in [-0.3, -0.25) is 4.90 Å². The highest BCUT2D eigenvalue weighted by molar-refractivity contribution is 5.68. The van der Waals surface area contributed by atoms with Crippen LogP contribution >= 0.6 is 0 Å². The molecule has 0 N–H and O–H groups in total. The monoisotopic (exact) mass is 487 g/mol. The van der Waals surface area contributed by atoms with Crippen LogP contribution in [0.2, 0.25) is 0 Å². The van der Waals surface area contributed by atoms with Crippen LogP contribution in [-0.2, 0) is 36.8 Å².